The summed E-state index contributed by atoms with van der Waals surface area (Å²) >= 11 is 0. The second-order valence-corrected chi connectivity index (χ2v) is 8.59. The molecule has 2 aliphatic rings. The number of hydrogen-bond acceptors (Lipinski definition) is 6. The van der Waals surface area contributed by atoms with Crippen molar-refractivity contribution in [1.82, 2.24) is 0 Å². The largest absolute Gasteiger partial charge is 0.458 e. The van der Waals surface area contributed by atoms with Crippen LogP contribution in [0.4, 0.5) is 0 Å². The lowest BCUT2D eigenvalue weighted by Gasteiger charge is -2.34. The van der Waals surface area contributed by atoms with Gasteiger partial charge in [-0.3, -0.25) is 0 Å². The van der Waals surface area contributed by atoms with Gasteiger partial charge in [0.15, 0.2) is 0 Å². The molecule has 0 spiro atoms. The summed E-state index contributed by atoms with van der Waals surface area (Å²) in [4.78, 5) is 38.3. The number of fused-ring (bicyclic) bond motifs is 1. The molecule has 0 bridgehead atoms. The number of carbonyl (C=O) groups excluding carboxylic acids is 3. The van der Waals surface area contributed by atoms with E-state index in [1.807, 2.05) is 19.9 Å². The quantitative estimate of drug-likeness (QED) is 0.277. The molecule has 31 heavy (non-hydrogen) atoms. The van der Waals surface area contributed by atoms with Gasteiger partial charge in [-0.15, -0.1) is 0 Å². The predicted octanol–water partition coefficient (Wildman–Crippen LogP) is 4.75. The van der Waals surface area contributed by atoms with Crippen LogP contribution in [-0.2, 0) is 28.6 Å². The zero-order valence-electron chi connectivity index (χ0n) is 19.6. The third kappa shape index (κ3) is 5.54. The first kappa shape index (κ1) is 24.6. The molecule has 1 aliphatic carbocycles. The number of carbonyl (C=O) groups is 3. The van der Waals surface area contributed by atoms with Gasteiger partial charge in [0.1, 0.15) is 12.2 Å². The highest BCUT2D eigenvalue weighted by atomic mass is 16.6. The van der Waals surface area contributed by atoms with E-state index in [-0.39, 0.29) is 0 Å². The van der Waals surface area contributed by atoms with Crippen LogP contribution < -0.4 is 0 Å². The Bertz CT molecular complexity index is 859. The maximum Gasteiger partial charge on any atom is 0.351 e. The minimum atomic E-state index is -1.59. The van der Waals surface area contributed by atoms with Crippen molar-refractivity contribution in [3.05, 3.63) is 46.6 Å². The minimum Gasteiger partial charge on any atom is -0.458 e. The van der Waals surface area contributed by atoms with Crippen molar-refractivity contribution in [3.63, 3.8) is 0 Å². The van der Waals surface area contributed by atoms with E-state index in [0.717, 1.165) is 24.0 Å². The van der Waals surface area contributed by atoms with E-state index in [0.29, 0.717) is 17.6 Å². The summed E-state index contributed by atoms with van der Waals surface area (Å²) in [7, 11) is 0. The van der Waals surface area contributed by atoms with Crippen LogP contribution in [0, 0.1) is 5.92 Å². The molecule has 4 atom stereocenters. The number of allylic oxidation sites excluding steroid dienone is 4. The Hall–Kier alpha value is -2.63. The van der Waals surface area contributed by atoms with Gasteiger partial charge >= 0.3 is 17.9 Å². The van der Waals surface area contributed by atoms with Gasteiger partial charge in [-0.05, 0) is 67.4 Å². The van der Waals surface area contributed by atoms with Crippen LogP contribution >= 0.6 is 0 Å². The normalized spacial score (nSPS) is 33.3. The molecule has 170 valence electrons. The van der Waals surface area contributed by atoms with Crippen molar-refractivity contribution in [3.8, 4) is 0 Å². The summed E-state index contributed by atoms with van der Waals surface area (Å²) < 4.78 is 17.3. The summed E-state index contributed by atoms with van der Waals surface area (Å²) in [5.74, 6) is -2.38. The van der Waals surface area contributed by atoms with Crippen molar-refractivity contribution in [2.45, 2.75) is 85.5 Å². The van der Waals surface area contributed by atoms with Crippen LogP contribution in [0.2, 0.25) is 0 Å². The van der Waals surface area contributed by atoms with Gasteiger partial charge in [0.25, 0.3) is 0 Å². The molecular weight excluding hydrogens is 396 g/mol. The van der Waals surface area contributed by atoms with Crippen LogP contribution in [-0.4, -0.2) is 35.7 Å². The lowest BCUT2D eigenvalue weighted by atomic mass is 9.79. The van der Waals surface area contributed by atoms with Crippen molar-refractivity contribution >= 4 is 17.9 Å². The highest BCUT2D eigenvalue weighted by Crippen LogP contribution is 2.43. The molecule has 0 unspecified atom stereocenters. The lowest BCUT2D eigenvalue weighted by Crippen LogP contribution is -2.49. The Morgan fingerprint density at radius 3 is 2.32 bits per heavy atom. The van der Waals surface area contributed by atoms with Crippen molar-refractivity contribution < 1.29 is 28.6 Å². The van der Waals surface area contributed by atoms with Crippen LogP contribution in [0.5, 0.6) is 0 Å². The smallest absolute Gasteiger partial charge is 0.351 e. The van der Waals surface area contributed by atoms with Crippen molar-refractivity contribution in [1.29, 1.82) is 0 Å². The fourth-order valence-electron chi connectivity index (χ4n) is 3.87. The first-order valence-corrected chi connectivity index (χ1v) is 10.8. The summed E-state index contributed by atoms with van der Waals surface area (Å²) in [5, 5.41) is 0. The molecule has 0 aromatic carbocycles. The van der Waals surface area contributed by atoms with Gasteiger partial charge in [0.05, 0.1) is 5.92 Å². The van der Waals surface area contributed by atoms with E-state index in [4.69, 9.17) is 14.2 Å². The summed E-state index contributed by atoms with van der Waals surface area (Å²) in [6.07, 6.45) is 8.06. The zero-order chi connectivity index (χ0) is 23.3. The molecule has 0 aromatic rings. The first-order chi connectivity index (χ1) is 14.5. The van der Waals surface area contributed by atoms with Gasteiger partial charge in [-0.1, -0.05) is 29.4 Å². The number of esters is 3. The highest BCUT2D eigenvalue weighted by molar-refractivity contribution is 5.92. The highest BCUT2D eigenvalue weighted by Gasteiger charge is 2.60. The molecule has 1 saturated heterocycles. The molecule has 1 aliphatic heterocycles. The second kappa shape index (κ2) is 10.1. The van der Waals surface area contributed by atoms with E-state index in [1.165, 1.54) is 0 Å². The van der Waals surface area contributed by atoms with Crippen molar-refractivity contribution in [2.24, 2.45) is 5.92 Å². The van der Waals surface area contributed by atoms with E-state index < -0.39 is 41.6 Å². The average Bonchev–Trinajstić information content (AvgIpc) is 2.94. The molecule has 0 amide bonds. The van der Waals surface area contributed by atoms with E-state index in [9.17, 15) is 14.4 Å². The maximum atomic E-state index is 13.0. The second-order valence-electron chi connectivity index (χ2n) is 8.59. The molecular formula is C25H34O6. The number of rotatable bonds is 4. The Balaban J connectivity index is 2.57. The molecule has 1 fully saturated rings. The number of ether oxygens (including phenoxy) is 3. The van der Waals surface area contributed by atoms with Crippen LogP contribution in [0.3, 0.4) is 0 Å². The fraction of sp³-hybridized carbons (Fsp3) is 0.560. The molecule has 2 rings (SSSR count). The maximum absolute atomic E-state index is 13.0. The van der Waals surface area contributed by atoms with E-state index >= 15 is 0 Å². The van der Waals surface area contributed by atoms with Gasteiger partial charge in [-0.25, -0.2) is 14.4 Å². The standard InChI is InChI=1S/C25H34O6/c1-8-17(5)22(26)29-19-13-15(3)11-10-12-16(4)14-20-21(19)25(7,24(28)30-20)31-23(27)18(6)9-2/h8-9,12-13,19-21H,10-11,14H2,1-7H3/b15-13+,16-12+,17-8-,18-9-/t19-,20+,21+,25+/m0/s1. The first-order valence-electron chi connectivity index (χ1n) is 10.8. The molecule has 1 heterocycles. The minimum absolute atomic E-state index is 0.387. The molecule has 0 saturated carbocycles. The summed E-state index contributed by atoms with van der Waals surface area (Å²) in [6.45, 7) is 12.3. The average molecular weight is 431 g/mol. The topological polar surface area (TPSA) is 78.9 Å². The molecule has 0 N–H and O–H groups in total. The van der Waals surface area contributed by atoms with Crippen LogP contribution in [0.1, 0.15) is 67.7 Å². The van der Waals surface area contributed by atoms with Gasteiger partial charge in [0.2, 0.25) is 5.60 Å². The summed E-state index contributed by atoms with van der Waals surface area (Å²) in [5.41, 5.74) is 1.37. The summed E-state index contributed by atoms with van der Waals surface area (Å²) in [6, 6.07) is 0. The molecule has 6 heteroatoms. The monoisotopic (exact) mass is 430 g/mol. The fourth-order valence-corrected chi connectivity index (χ4v) is 3.87. The van der Waals surface area contributed by atoms with Crippen molar-refractivity contribution in [2.75, 3.05) is 0 Å². The van der Waals surface area contributed by atoms with E-state index in [1.54, 1.807) is 46.8 Å². The number of hydrogen-bond donors (Lipinski definition) is 0. The Labute approximate surface area is 185 Å². The lowest BCUT2D eigenvalue weighted by molar-refractivity contribution is -0.174. The SMILES string of the molecule is C/C=C(/C)C(=O)O[C@H]1/C=C(\C)CC/C=C(\C)C[C@H]2OC(=O)[C@](C)(OC(=O)/C(C)=C\C)[C@H]12. The molecule has 0 radical (unpaired) electrons. The van der Waals surface area contributed by atoms with Gasteiger partial charge < -0.3 is 14.2 Å². The zero-order valence-corrected chi connectivity index (χ0v) is 19.6. The Morgan fingerprint density at radius 2 is 1.71 bits per heavy atom. The third-order valence-electron chi connectivity index (χ3n) is 6.12. The Kier molecular flexibility index (Phi) is 8.04. The predicted molar refractivity (Wildman–Crippen MR) is 118 cm³/mol. The van der Waals surface area contributed by atoms with E-state index in [2.05, 4.69) is 6.08 Å². The third-order valence-corrected chi connectivity index (χ3v) is 6.12. The van der Waals surface area contributed by atoms with Crippen LogP contribution in [0.25, 0.3) is 0 Å². The van der Waals surface area contributed by atoms with Gasteiger partial charge in [0, 0.05) is 17.6 Å². The van der Waals surface area contributed by atoms with Gasteiger partial charge in [-0.2, -0.15) is 0 Å². The molecule has 6 nitrogen and oxygen atoms in total. The Morgan fingerprint density at radius 1 is 1.10 bits per heavy atom. The van der Waals surface area contributed by atoms with Crippen LogP contribution in [0.15, 0.2) is 46.6 Å². The molecule has 0 aromatic heterocycles.